The molecule has 0 aliphatic rings. The molecule has 0 amide bonds. The Bertz CT molecular complexity index is 393. The van der Waals surface area contributed by atoms with Crippen LogP contribution in [0.1, 0.15) is 31.7 Å². The van der Waals surface area contributed by atoms with E-state index in [9.17, 15) is 13.2 Å². The molecular weight excluding hydrogens is 257 g/mol. The summed E-state index contributed by atoms with van der Waals surface area (Å²) < 4.78 is 35.9. The van der Waals surface area contributed by atoms with Crippen LogP contribution in [-0.2, 0) is 0 Å². The number of halogens is 3. The minimum atomic E-state index is -4.07. The van der Waals surface area contributed by atoms with E-state index < -0.39 is 12.6 Å². The van der Waals surface area contributed by atoms with Crippen LogP contribution in [0.2, 0.25) is 0 Å². The van der Waals surface area contributed by atoms with Crippen LogP contribution >= 0.6 is 0 Å². The molecule has 0 bridgehead atoms. The number of aromatic nitrogens is 2. The molecule has 0 fully saturated rings. The second-order valence-electron chi connectivity index (χ2n) is 4.23. The number of rotatable bonds is 7. The molecule has 0 radical (unpaired) electrons. The van der Waals surface area contributed by atoms with Crippen molar-refractivity contribution in [3.8, 4) is 0 Å². The van der Waals surface area contributed by atoms with Gasteiger partial charge in [-0.2, -0.15) is 13.2 Å². The Morgan fingerprint density at radius 2 is 1.74 bits per heavy atom. The summed E-state index contributed by atoms with van der Waals surface area (Å²) in [6, 6.07) is 0. The molecule has 0 saturated carbocycles. The van der Waals surface area contributed by atoms with E-state index in [2.05, 4.69) is 20.6 Å². The third kappa shape index (κ3) is 5.76. The van der Waals surface area contributed by atoms with Gasteiger partial charge in [0.25, 0.3) is 0 Å². The van der Waals surface area contributed by atoms with Crippen molar-refractivity contribution >= 4 is 11.6 Å². The van der Waals surface area contributed by atoms with Gasteiger partial charge in [-0.3, -0.25) is 0 Å². The van der Waals surface area contributed by atoms with E-state index in [1.54, 1.807) is 0 Å². The number of anilines is 2. The molecular formula is C12H19F3N4. The molecule has 1 heterocycles. The van der Waals surface area contributed by atoms with Gasteiger partial charge < -0.3 is 10.6 Å². The minimum absolute atomic E-state index is 0.126. The van der Waals surface area contributed by atoms with Crippen LogP contribution in [0.15, 0.2) is 6.33 Å². The first kappa shape index (κ1) is 15.5. The Labute approximate surface area is 110 Å². The van der Waals surface area contributed by atoms with Gasteiger partial charge in [-0.15, -0.1) is 0 Å². The van der Waals surface area contributed by atoms with Crippen LogP contribution in [0.3, 0.4) is 0 Å². The lowest BCUT2D eigenvalue weighted by Crippen LogP contribution is -2.11. The first-order valence-corrected chi connectivity index (χ1v) is 6.30. The first-order chi connectivity index (χ1) is 8.94. The fourth-order valence-electron chi connectivity index (χ4n) is 1.63. The Kier molecular flexibility index (Phi) is 5.85. The van der Waals surface area contributed by atoms with Gasteiger partial charge in [0.15, 0.2) is 0 Å². The van der Waals surface area contributed by atoms with Crippen molar-refractivity contribution in [3.05, 3.63) is 11.9 Å². The highest BCUT2D eigenvalue weighted by atomic mass is 19.4. The number of hydrogen-bond acceptors (Lipinski definition) is 4. The maximum absolute atomic E-state index is 12.0. The van der Waals surface area contributed by atoms with Gasteiger partial charge in [0.2, 0.25) is 0 Å². The normalized spacial score (nSPS) is 11.4. The third-order valence-corrected chi connectivity index (χ3v) is 2.61. The molecule has 1 aromatic rings. The molecule has 1 rings (SSSR count). The van der Waals surface area contributed by atoms with Crippen LogP contribution in [0.4, 0.5) is 24.8 Å². The molecule has 0 spiro atoms. The van der Waals surface area contributed by atoms with Crippen LogP contribution < -0.4 is 10.6 Å². The highest BCUT2D eigenvalue weighted by Crippen LogP contribution is 2.22. The van der Waals surface area contributed by atoms with Crippen molar-refractivity contribution in [2.24, 2.45) is 0 Å². The predicted octanol–water partition coefficient (Wildman–Crippen LogP) is 3.36. The number of alkyl halides is 3. The Balaban J connectivity index is 2.39. The van der Waals surface area contributed by atoms with E-state index in [0.29, 0.717) is 18.8 Å². The van der Waals surface area contributed by atoms with Crippen molar-refractivity contribution < 1.29 is 13.2 Å². The summed E-state index contributed by atoms with van der Waals surface area (Å²) in [4.78, 5) is 8.18. The Morgan fingerprint density at radius 1 is 1.11 bits per heavy atom. The molecule has 0 aliphatic heterocycles. The Morgan fingerprint density at radius 3 is 2.32 bits per heavy atom. The van der Waals surface area contributed by atoms with E-state index in [0.717, 1.165) is 17.9 Å². The lowest BCUT2D eigenvalue weighted by Gasteiger charge is -2.12. The molecule has 108 valence electrons. The van der Waals surface area contributed by atoms with Crippen LogP contribution in [0.5, 0.6) is 0 Å². The van der Waals surface area contributed by atoms with Crippen LogP contribution in [0.25, 0.3) is 0 Å². The standard InChI is InChI=1S/C12H19F3N4/c1-3-16-10-9(2)11(19-8-18-10)17-7-5-4-6-12(13,14)15/h8H,3-7H2,1-2H3,(H2,16,17,18,19). The average molecular weight is 276 g/mol. The zero-order valence-electron chi connectivity index (χ0n) is 11.1. The van der Waals surface area contributed by atoms with E-state index >= 15 is 0 Å². The summed E-state index contributed by atoms with van der Waals surface area (Å²) in [5.41, 5.74) is 0.875. The molecule has 19 heavy (non-hydrogen) atoms. The SMILES string of the molecule is CCNc1ncnc(NCCCCC(F)(F)F)c1C. The van der Waals surface area contributed by atoms with Gasteiger partial charge in [0.05, 0.1) is 0 Å². The highest BCUT2D eigenvalue weighted by molar-refractivity contribution is 5.56. The molecule has 0 aromatic carbocycles. The average Bonchev–Trinajstić information content (AvgIpc) is 2.32. The van der Waals surface area contributed by atoms with E-state index in [1.165, 1.54) is 6.33 Å². The summed E-state index contributed by atoms with van der Waals surface area (Å²) in [5, 5.41) is 6.14. The van der Waals surface area contributed by atoms with Gasteiger partial charge in [-0.1, -0.05) is 0 Å². The summed E-state index contributed by atoms with van der Waals surface area (Å²) >= 11 is 0. The van der Waals surface area contributed by atoms with Crippen molar-refractivity contribution in [1.29, 1.82) is 0 Å². The summed E-state index contributed by atoms with van der Waals surface area (Å²) in [6.45, 7) is 5.06. The Hall–Kier alpha value is -1.53. The van der Waals surface area contributed by atoms with Crippen LogP contribution in [-0.4, -0.2) is 29.2 Å². The number of nitrogens with one attached hydrogen (secondary N) is 2. The summed E-state index contributed by atoms with van der Waals surface area (Å²) in [6.07, 6.45) is -2.79. The molecule has 1 aromatic heterocycles. The van der Waals surface area contributed by atoms with Gasteiger partial charge in [-0.05, 0) is 26.7 Å². The lowest BCUT2D eigenvalue weighted by molar-refractivity contribution is -0.135. The molecule has 0 atom stereocenters. The zero-order valence-corrected chi connectivity index (χ0v) is 11.1. The maximum atomic E-state index is 12.0. The monoisotopic (exact) mass is 276 g/mol. The molecule has 0 unspecified atom stereocenters. The number of nitrogens with zero attached hydrogens (tertiary/aromatic N) is 2. The fourth-order valence-corrected chi connectivity index (χ4v) is 1.63. The predicted molar refractivity (Wildman–Crippen MR) is 69.3 cm³/mol. The second kappa shape index (κ2) is 7.16. The van der Waals surface area contributed by atoms with E-state index in [4.69, 9.17) is 0 Å². The van der Waals surface area contributed by atoms with Crippen molar-refractivity contribution in [3.63, 3.8) is 0 Å². The number of unbranched alkanes of at least 4 members (excludes halogenated alkanes) is 1. The topological polar surface area (TPSA) is 49.8 Å². The number of hydrogen-bond donors (Lipinski definition) is 2. The largest absolute Gasteiger partial charge is 0.389 e. The van der Waals surface area contributed by atoms with E-state index in [1.807, 2.05) is 13.8 Å². The minimum Gasteiger partial charge on any atom is -0.370 e. The molecule has 2 N–H and O–H groups in total. The lowest BCUT2D eigenvalue weighted by atomic mass is 10.2. The first-order valence-electron chi connectivity index (χ1n) is 6.30. The van der Waals surface area contributed by atoms with E-state index in [-0.39, 0.29) is 6.42 Å². The molecule has 4 nitrogen and oxygen atoms in total. The van der Waals surface area contributed by atoms with Gasteiger partial charge in [-0.25, -0.2) is 9.97 Å². The quantitative estimate of drug-likeness (QED) is 0.750. The van der Waals surface area contributed by atoms with Crippen LogP contribution in [0, 0.1) is 6.92 Å². The molecule has 0 aliphatic carbocycles. The van der Waals surface area contributed by atoms with Crippen molar-refractivity contribution in [2.75, 3.05) is 23.7 Å². The molecule has 7 heteroatoms. The van der Waals surface area contributed by atoms with Gasteiger partial charge >= 0.3 is 6.18 Å². The molecule has 0 saturated heterocycles. The van der Waals surface area contributed by atoms with Crippen molar-refractivity contribution in [1.82, 2.24) is 9.97 Å². The maximum Gasteiger partial charge on any atom is 0.389 e. The highest BCUT2D eigenvalue weighted by Gasteiger charge is 2.25. The smallest absolute Gasteiger partial charge is 0.370 e. The van der Waals surface area contributed by atoms with Gasteiger partial charge in [0.1, 0.15) is 18.0 Å². The third-order valence-electron chi connectivity index (χ3n) is 2.61. The fraction of sp³-hybridized carbons (Fsp3) is 0.667. The summed E-state index contributed by atoms with van der Waals surface area (Å²) in [5.74, 6) is 1.41. The summed E-state index contributed by atoms with van der Waals surface area (Å²) in [7, 11) is 0. The van der Waals surface area contributed by atoms with Crippen molar-refractivity contribution in [2.45, 2.75) is 39.3 Å². The van der Waals surface area contributed by atoms with Gasteiger partial charge in [0, 0.05) is 25.1 Å². The second-order valence-corrected chi connectivity index (χ2v) is 4.23. The zero-order chi connectivity index (χ0) is 14.3.